The number of halogens is 1. The lowest BCUT2D eigenvalue weighted by atomic mass is 9.95. The molecule has 0 saturated heterocycles. The van der Waals surface area contributed by atoms with Crippen molar-refractivity contribution in [2.45, 2.75) is 20.4 Å². The van der Waals surface area contributed by atoms with E-state index in [1.807, 2.05) is 0 Å². The van der Waals surface area contributed by atoms with E-state index < -0.39 is 5.41 Å². The number of amides is 1. The lowest BCUT2D eigenvalue weighted by Crippen LogP contribution is -2.37. The number of alkyl halides is 1. The van der Waals surface area contributed by atoms with Crippen LogP contribution in [-0.4, -0.2) is 22.0 Å². The van der Waals surface area contributed by atoms with E-state index in [1.54, 1.807) is 13.8 Å². The summed E-state index contributed by atoms with van der Waals surface area (Å²) < 4.78 is 0. The van der Waals surface area contributed by atoms with Crippen molar-refractivity contribution in [3.63, 3.8) is 0 Å². The van der Waals surface area contributed by atoms with Gasteiger partial charge in [-0.05, 0) is 13.8 Å². The van der Waals surface area contributed by atoms with Crippen LogP contribution in [0.15, 0.2) is 10.9 Å². The number of carbonyl (C=O) groups excluding carboxylic acids is 1. The molecule has 0 aromatic carbocycles. The molecule has 15 heavy (non-hydrogen) atoms. The Morgan fingerprint density at radius 2 is 2.20 bits per heavy atom. The van der Waals surface area contributed by atoms with Gasteiger partial charge in [-0.3, -0.25) is 14.7 Å². The van der Waals surface area contributed by atoms with Gasteiger partial charge in [0.15, 0.2) is 0 Å². The van der Waals surface area contributed by atoms with Gasteiger partial charge in [0.25, 0.3) is 5.56 Å². The van der Waals surface area contributed by atoms with Crippen molar-refractivity contribution >= 4 is 17.5 Å². The van der Waals surface area contributed by atoms with Crippen molar-refractivity contribution in [3.8, 4) is 0 Å². The van der Waals surface area contributed by atoms with Crippen LogP contribution in [-0.2, 0) is 11.3 Å². The SMILES string of the molecule is CC(C)(CCl)C(=O)NCc1cc(=O)[nH][nH]1. The molecule has 0 spiro atoms. The van der Waals surface area contributed by atoms with E-state index in [-0.39, 0.29) is 23.9 Å². The minimum absolute atomic E-state index is 0.139. The number of carbonyl (C=O) groups is 1. The van der Waals surface area contributed by atoms with Crippen LogP contribution in [0.2, 0.25) is 0 Å². The molecule has 0 aliphatic rings. The van der Waals surface area contributed by atoms with Crippen LogP contribution in [0, 0.1) is 5.41 Å². The van der Waals surface area contributed by atoms with Crippen molar-refractivity contribution in [2.75, 3.05) is 5.88 Å². The van der Waals surface area contributed by atoms with Crippen molar-refractivity contribution in [1.82, 2.24) is 15.5 Å². The van der Waals surface area contributed by atoms with Crippen LogP contribution in [0.25, 0.3) is 0 Å². The minimum atomic E-state index is -0.599. The Morgan fingerprint density at radius 1 is 1.53 bits per heavy atom. The number of hydrogen-bond acceptors (Lipinski definition) is 2. The van der Waals surface area contributed by atoms with Gasteiger partial charge in [0.1, 0.15) is 0 Å². The third-order valence-corrected chi connectivity index (χ3v) is 2.71. The number of hydrogen-bond donors (Lipinski definition) is 3. The number of H-pyrrole nitrogens is 2. The van der Waals surface area contributed by atoms with Gasteiger partial charge in [-0.25, -0.2) is 0 Å². The Labute approximate surface area is 92.2 Å². The van der Waals surface area contributed by atoms with Crippen LogP contribution in [0.1, 0.15) is 19.5 Å². The van der Waals surface area contributed by atoms with Gasteiger partial charge in [0, 0.05) is 11.9 Å². The fourth-order valence-corrected chi connectivity index (χ4v) is 1.06. The maximum atomic E-state index is 11.6. The maximum Gasteiger partial charge on any atom is 0.264 e. The molecule has 0 aliphatic carbocycles. The Balaban J connectivity index is 2.51. The van der Waals surface area contributed by atoms with E-state index in [0.717, 1.165) is 0 Å². The van der Waals surface area contributed by atoms with Gasteiger partial charge in [-0.15, -0.1) is 11.6 Å². The summed E-state index contributed by atoms with van der Waals surface area (Å²) in [5.41, 5.74) is -0.174. The molecule has 1 rings (SSSR count). The summed E-state index contributed by atoms with van der Waals surface area (Å²) in [6, 6.07) is 1.40. The van der Waals surface area contributed by atoms with Crippen molar-refractivity contribution < 1.29 is 4.79 Å². The van der Waals surface area contributed by atoms with Gasteiger partial charge in [0.05, 0.1) is 17.7 Å². The topological polar surface area (TPSA) is 77.8 Å². The zero-order valence-corrected chi connectivity index (χ0v) is 9.44. The summed E-state index contributed by atoms with van der Waals surface area (Å²) in [5, 5.41) is 7.72. The van der Waals surface area contributed by atoms with E-state index in [2.05, 4.69) is 15.5 Å². The van der Waals surface area contributed by atoms with Crippen LogP contribution >= 0.6 is 11.6 Å². The Bertz CT molecular complexity index is 394. The Hall–Kier alpha value is -1.23. The van der Waals surface area contributed by atoms with Crippen LogP contribution in [0.4, 0.5) is 0 Å². The first-order valence-electron chi connectivity index (χ1n) is 4.56. The molecular weight excluding hydrogens is 218 g/mol. The van der Waals surface area contributed by atoms with E-state index in [1.165, 1.54) is 6.07 Å². The molecule has 0 saturated carbocycles. The highest BCUT2D eigenvalue weighted by atomic mass is 35.5. The summed E-state index contributed by atoms with van der Waals surface area (Å²) in [6.45, 7) is 3.81. The smallest absolute Gasteiger partial charge is 0.264 e. The summed E-state index contributed by atoms with van der Waals surface area (Å²) in [7, 11) is 0. The maximum absolute atomic E-state index is 11.6. The molecular formula is C9H14ClN3O2. The molecule has 6 heteroatoms. The van der Waals surface area contributed by atoms with Crippen molar-refractivity contribution in [2.24, 2.45) is 5.41 Å². The summed E-state index contributed by atoms with van der Waals surface area (Å²) in [4.78, 5) is 22.3. The minimum Gasteiger partial charge on any atom is -0.350 e. The second-order valence-corrected chi connectivity index (χ2v) is 4.25. The first kappa shape index (κ1) is 11.8. The molecule has 0 unspecified atom stereocenters. The summed E-state index contributed by atoms with van der Waals surface area (Å²) in [5.74, 6) is 0.113. The number of nitrogens with one attached hydrogen (secondary N) is 3. The fourth-order valence-electron chi connectivity index (χ4n) is 0.943. The second kappa shape index (κ2) is 4.53. The van der Waals surface area contributed by atoms with Crippen LogP contribution in [0.3, 0.4) is 0 Å². The van der Waals surface area contributed by atoms with Gasteiger partial charge in [0.2, 0.25) is 5.91 Å². The van der Waals surface area contributed by atoms with E-state index in [0.29, 0.717) is 5.69 Å². The first-order chi connectivity index (χ1) is 6.95. The van der Waals surface area contributed by atoms with E-state index in [9.17, 15) is 9.59 Å². The van der Waals surface area contributed by atoms with E-state index >= 15 is 0 Å². The van der Waals surface area contributed by atoms with Gasteiger partial charge in [-0.1, -0.05) is 0 Å². The highest BCUT2D eigenvalue weighted by Gasteiger charge is 2.25. The molecule has 0 fully saturated rings. The molecule has 1 amide bonds. The Morgan fingerprint density at radius 3 is 2.67 bits per heavy atom. The molecule has 1 aromatic heterocycles. The summed E-state index contributed by atoms with van der Waals surface area (Å²) >= 11 is 5.65. The fraction of sp³-hybridized carbons (Fsp3) is 0.556. The molecule has 0 atom stereocenters. The highest BCUT2D eigenvalue weighted by Crippen LogP contribution is 2.16. The molecule has 0 radical (unpaired) electrons. The van der Waals surface area contributed by atoms with Gasteiger partial charge >= 0.3 is 0 Å². The molecule has 5 nitrogen and oxygen atoms in total. The third-order valence-electron chi connectivity index (χ3n) is 2.04. The average Bonchev–Trinajstić information content (AvgIpc) is 2.60. The first-order valence-corrected chi connectivity index (χ1v) is 5.10. The number of rotatable bonds is 4. The molecule has 1 heterocycles. The third kappa shape index (κ3) is 3.13. The Kier molecular flexibility index (Phi) is 3.57. The zero-order valence-electron chi connectivity index (χ0n) is 8.69. The molecule has 84 valence electrons. The average molecular weight is 232 g/mol. The molecule has 0 bridgehead atoms. The second-order valence-electron chi connectivity index (χ2n) is 3.98. The zero-order chi connectivity index (χ0) is 11.5. The van der Waals surface area contributed by atoms with Crippen molar-refractivity contribution in [3.05, 3.63) is 22.1 Å². The molecule has 1 aromatic rings. The largest absolute Gasteiger partial charge is 0.350 e. The van der Waals surface area contributed by atoms with Gasteiger partial charge in [-0.2, -0.15) is 0 Å². The quantitative estimate of drug-likeness (QED) is 0.663. The van der Waals surface area contributed by atoms with Gasteiger partial charge < -0.3 is 10.4 Å². The standard InChI is InChI=1S/C9H14ClN3O2/c1-9(2,5-10)8(15)11-4-6-3-7(14)13-12-6/h3H,4-5H2,1-2H3,(H,11,15)(H2,12,13,14). The lowest BCUT2D eigenvalue weighted by molar-refractivity contribution is -0.128. The predicted molar refractivity (Wildman–Crippen MR) is 57.8 cm³/mol. The normalized spacial score (nSPS) is 11.4. The van der Waals surface area contributed by atoms with Crippen LogP contribution in [0.5, 0.6) is 0 Å². The van der Waals surface area contributed by atoms with Crippen LogP contribution < -0.4 is 10.9 Å². The predicted octanol–water partition coefficient (Wildman–Crippen LogP) is 0.584. The molecule has 3 N–H and O–H groups in total. The monoisotopic (exact) mass is 231 g/mol. The van der Waals surface area contributed by atoms with E-state index in [4.69, 9.17) is 11.6 Å². The lowest BCUT2D eigenvalue weighted by Gasteiger charge is -2.19. The number of aromatic amines is 2. The summed E-state index contributed by atoms with van der Waals surface area (Å²) in [6.07, 6.45) is 0. The highest BCUT2D eigenvalue weighted by molar-refractivity contribution is 6.19. The van der Waals surface area contributed by atoms with Crippen molar-refractivity contribution in [1.29, 1.82) is 0 Å². The number of aromatic nitrogens is 2. The molecule has 0 aliphatic heterocycles.